The Morgan fingerprint density at radius 3 is 3.10 bits per heavy atom. The second-order valence-corrected chi connectivity index (χ2v) is 5.35. The zero-order chi connectivity index (χ0) is 14.7. The molecule has 0 spiro atoms. The molecule has 2 unspecified atom stereocenters. The molecule has 0 amide bonds. The Balaban J connectivity index is 1.80. The predicted molar refractivity (Wildman–Crippen MR) is 77.9 cm³/mol. The van der Waals surface area contributed by atoms with Crippen molar-refractivity contribution in [1.82, 2.24) is 20.4 Å². The summed E-state index contributed by atoms with van der Waals surface area (Å²) in [5.74, 6) is 1.39. The van der Waals surface area contributed by atoms with E-state index in [4.69, 9.17) is 9.26 Å². The van der Waals surface area contributed by atoms with Crippen LogP contribution in [0.25, 0.3) is 11.4 Å². The van der Waals surface area contributed by atoms with Crippen molar-refractivity contribution >= 4 is 0 Å². The quantitative estimate of drug-likeness (QED) is 0.906. The number of nitrogens with one attached hydrogen (secondary N) is 1. The first kappa shape index (κ1) is 14.2. The van der Waals surface area contributed by atoms with Crippen molar-refractivity contribution in [2.45, 2.75) is 32.2 Å². The van der Waals surface area contributed by atoms with Crippen LogP contribution in [-0.4, -0.2) is 40.9 Å². The van der Waals surface area contributed by atoms with Gasteiger partial charge in [0, 0.05) is 24.0 Å². The maximum Gasteiger partial charge on any atom is 0.234 e. The molecule has 3 heterocycles. The molecule has 2 atom stereocenters. The third kappa shape index (κ3) is 2.96. The number of pyridine rings is 1. The van der Waals surface area contributed by atoms with Crippen LogP contribution in [0.1, 0.15) is 30.7 Å². The zero-order valence-electron chi connectivity index (χ0n) is 12.4. The van der Waals surface area contributed by atoms with Crippen LogP contribution in [-0.2, 0) is 4.74 Å². The van der Waals surface area contributed by atoms with Gasteiger partial charge in [0.25, 0.3) is 0 Å². The fraction of sp³-hybridized carbons (Fsp3) is 0.533. The van der Waals surface area contributed by atoms with Gasteiger partial charge in [-0.1, -0.05) is 12.1 Å². The average molecular weight is 288 g/mol. The average Bonchev–Trinajstić information content (AvgIpc) is 3.14. The molecule has 1 aliphatic rings. The Labute approximate surface area is 123 Å². The van der Waals surface area contributed by atoms with Crippen molar-refractivity contribution in [3.63, 3.8) is 0 Å². The number of aromatic nitrogens is 3. The van der Waals surface area contributed by atoms with Gasteiger partial charge in [-0.15, -0.1) is 0 Å². The number of hydrogen-bond acceptors (Lipinski definition) is 6. The molecule has 2 aromatic heterocycles. The number of hydrogen-bond donors (Lipinski definition) is 1. The third-order valence-corrected chi connectivity index (χ3v) is 3.76. The van der Waals surface area contributed by atoms with Crippen molar-refractivity contribution in [2.24, 2.45) is 0 Å². The Bertz CT molecular complexity index is 599. The van der Waals surface area contributed by atoms with Crippen LogP contribution in [0.4, 0.5) is 0 Å². The highest BCUT2D eigenvalue weighted by Crippen LogP contribution is 2.27. The lowest BCUT2D eigenvalue weighted by Crippen LogP contribution is -2.34. The Kier molecular flexibility index (Phi) is 4.26. The molecule has 112 valence electrons. The van der Waals surface area contributed by atoms with Crippen LogP contribution < -0.4 is 5.32 Å². The summed E-state index contributed by atoms with van der Waals surface area (Å²) in [4.78, 5) is 8.64. The van der Waals surface area contributed by atoms with Crippen LogP contribution in [0.2, 0.25) is 0 Å². The molecule has 0 aromatic carbocycles. The second-order valence-electron chi connectivity index (χ2n) is 5.35. The van der Waals surface area contributed by atoms with Crippen molar-refractivity contribution in [1.29, 1.82) is 0 Å². The SMILES string of the molecule is CCCNC1COCC1c1nc(-c2ccncc2C)no1. The molecule has 3 rings (SSSR count). The normalized spacial score (nSPS) is 21.8. The molecule has 0 radical (unpaired) electrons. The molecule has 0 aliphatic carbocycles. The van der Waals surface area contributed by atoms with Gasteiger partial charge < -0.3 is 14.6 Å². The van der Waals surface area contributed by atoms with E-state index in [1.54, 1.807) is 12.4 Å². The molecule has 1 saturated heterocycles. The minimum Gasteiger partial charge on any atom is -0.379 e. The van der Waals surface area contributed by atoms with E-state index in [1.807, 2.05) is 13.0 Å². The van der Waals surface area contributed by atoms with Crippen molar-refractivity contribution in [3.05, 3.63) is 29.9 Å². The van der Waals surface area contributed by atoms with Crippen molar-refractivity contribution in [2.75, 3.05) is 19.8 Å². The lowest BCUT2D eigenvalue weighted by molar-refractivity contribution is 0.184. The van der Waals surface area contributed by atoms with Crippen LogP contribution in [0.3, 0.4) is 0 Å². The number of aryl methyl sites for hydroxylation is 1. The van der Waals surface area contributed by atoms with E-state index < -0.39 is 0 Å². The number of ether oxygens (including phenoxy) is 1. The van der Waals surface area contributed by atoms with E-state index in [-0.39, 0.29) is 12.0 Å². The van der Waals surface area contributed by atoms with Gasteiger partial charge in [-0.2, -0.15) is 4.98 Å². The lowest BCUT2D eigenvalue weighted by atomic mass is 10.0. The summed E-state index contributed by atoms with van der Waals surface area (Å²) >= 11 is 0. The van der Waals surface area contributed by atoms with Crippen LogP contribution in [0.15, 0.2) is 23.0 Å². The second kappa shape index (κ2) is 6.32. The van der Waals surface area contributed by atoms with Gasteiger partial charge in [0.1, 0.15) is 0 Å². The minimum atomic E-state index is 0.125. The molecular weight excluding hydrogens is 268 g/mol. The van der Waals surface area contributed by atoms with E-state index >= 15 is 0 Å². The topological polar surface area (TPSA) is 73.1 Å². The highest BCUT2D eigenvalue weighted by Gasteiger charge is 2.33. The summed E-state index contributed by atoms with van der Waals surface area (Å²) in [6.45, 7) is 6.42. The molecule has 21 heavy (non-hydrogen) atoms. The zero-order valence-corrected chi connectivity index (χ0v) is 12.4. The maximum absolute atomic E-state index is 5.56. The first-order chi connectivity index (χ1) is 10.3. The van der Waals surface area contributed by atoms with Gasteiger partial charge in [0.2, 0.25) is 11.7 Å². The predicted octanol–water partition coefficient (Wildman–Crippen LogP) is 1.92. The van der Waals surface area contributed by atoms with Gasteiger partial charge in [-0.25, -0.2) is 0 Å². The minimum absolute atomic E-state index is 0.125. The molecule has 6 nitrogen and oxygen atoms in total. The Morgan fingerprint density at radius 2 is 2.29 bits per heavy atom. The van der Waals surface area contributed by atoms with E-state index in [0.29, 0.717) is 24.9 Å². The maximum atomic E-state index is 5.56. The van der Waals surface area contributed by atoms with Gasteiger partial charge in [0.05, 0.1) is 19.1 Å². The summed E-state index contributed by atoms with van der Waals surface area (Å²) in [7, 11) is 0. The molecule has 1 aliphatic heterocycles. The summed E-state index contributed by atoms with van der Waals surface area (Å²) in [6, 6.07) is 2.15. The molecule has 0 saturated carbocycles. The largest absolute Gasteiger partial charge is 0.379 e. The smallest absolute Gasteiger partial charge is 0.234 e. The number of rotatable bonds is 5. The Hall–Kier alpha value is -1.79. The summed E-state index contributed by atoms with van der Waals surface area (Å²) in [6.07, 6.45) is 4.63. The van der Waals surface area contributed by atoms with Crippen molar-refractivity contribution in [3.8, 4) is 11.4 Å². The molecule has 0 bridgehead atoms. The Morgan fingerprint density at radius 1 is 1.38 bits per heavy atom. The monoisotopic (exact) mass is 288 g/mol. The van der Waals surface area contributed by atoms with Crippen LogP contribution in [0, 0.1) is 6.92 Å². The first-order valence-corrected chi connectivity index (χ1v) is 7.35. The van der Waals surface area contributed by atoms with Crippen LogP contribution in [0.5, 0.6) is 0 Å². The number of nitrogens with zero attached hydrogens (tertiary/aromatic N) is 3. The highest BCUT2D eigenvalue weighted by atomic mass is 16.5. The lowest BCUT2D eigenvalue weighted by Gasteiger charge is -2.14. The standard InChI is InChI=1S/C15H20N4O2/c1-3-5-17-13-9-20-8-12(13)15-18-14(19-21-15)11-4-6-16-7-10(11)2/h4,6-7,12-13,17H,3,5,8-9H2,1-2H3. The third-order valence-electron chi connectivity index (χ3n) is 3.76. The molecule has 6 heteroatoms. The van der Waals surface area contributed by atoms with Gasteiger partial charge in [-0.05, 0) is 31.5 Å². The molecule has 1 fully saturated rings. The van der Waals surface area contributed by atoms with E-state index in [0.717, 1.165) is 24.1 Å². The van der Waals surface area contributed by atoms with Crippen LogP contribution >= 0.6 is 0 Å². The summed E-state index contributed by atoms with van der Waals surface area (Å²) in [5, 5.41) is 7.59. The molecule has 1 N–H and O–H groups in total. The van der Waals surface area contributed by atoms with E-state index in [2.05, 4.69) is 27.4 Å². The van der Waals surface area contributed by atoms with Gasteiger partial charge in [-0.3, -0.25) is 4.98 Å². The fourth-order valence-corrected chi connectivity index (χ4v) is 2.55. The van der Waals surface area contributed by atoms with E-state index in [1.165, 1.54) is 0 Å². The van der Waals surface area contributed by atoms with Gasteiger partial charge in [0.15, 0.2) is 0 Å². The summed E-state index contributed by atoms with van der Waals surface area (Å²) in [5.41, 5.74) is 1.99. The molecular formula is C15H20N4O2. The summed E-state index contributed by atoms with van der Waals surface area (Å²) < 4.78 is 11.0. The fourth-order valence-electron chi connectivity index (χ4n) is 2.55. The first-order valence-electron chi connectivity index (χ1n) is 7.35. The molecule has 2 aromatic rings. The van der Waals surface area contributed by atoms with Crippen molar-refractivity contribution < 1.29 is 9.26 Å². The highest BCUT2D eigenvalue weighted by molar-refractivity contribution is 5.58. The van der Waals surface area contributed by atoms with E-state index in [9.17, 15) is 0 Å². The van der Waals surface area contributed by atoms with Gasteiger partial charge >= 0.3 is 0 Å².